The topological polar surface area (TPSA) is 73.7 Å². The first-order chi connectivity index (χ1) is 15.0. The number of H-pyrrole nitrogens is 1. The van der Waals surface area contributed by atoms with E-state index in [1.54, 1.807) is 16.3 Å². The van der Waals surface area contributed by atoms with Crippen molar-refractivity contribution >= 4 is 11.6 Å². The van der Waals surface area contributed by atoms with Crippen LogP contribution in [0.25, 0.3) is 5.65 Å². The lowest BCUT2D eigenvalue weighted by Crippen LogP contribution is -2.39. The van der Waals surface area contributed by atoms with Crippen LogP contribution < -0.4 is 5.56 Å². The largest absolute Gasteiger partial charge is 0.338 e. The minimum absolute atomic E-state index is 0.00336. The quantitative estimate of drug-likeness (QED) is 0.708. The molecule has 1 amide bonds. The van der Waals surface area contributed by atoms with Crippen molar-refractivity contribution in [1.82, 2.24) is 24.4 Å². The lowest BCUT2D eigenvalue weighted by molar-refractivity contribution is -0.129. The highest BCUT2D eigenvalue weighted by Gasteiger charge is 2.28. The third kappa shape index (κ3) is 3.67. The van der Waals surface area contributed by atoms with Gasteiger partial charge < -0.3 is 4.90 Å². The Hall–Kier alpha value is -2.93. The molecule has 2 aromatic heterocycles. The number of aromatic amines is 1. The van der Waals surface area contributed by atoms with E-state index in [9.17, 15) is 9.59 Å². The molecule has 1 atom stereocenters. The van der Waals surface area contributed by atoms with Crippen LogP contribution in [-0.2, 0) is 24.3 Å². The fourth-order valence-corrected chi connectivity index (χ4v) is 4.98. The molecule has 0 bridgehead atoms. The minimum atomic E-state index is -0.0848. The molecule has 162 valence electrons. The Bertz CT molecular complexity index is 1190. The smallest absolute Gasteiger partial charge is 0.277 e. The molecule has 5 rings (SSSR count). The minimum Gasteiger partial charge on any atom is -0.338 e. The van der Waals surface area contributed by atoms with Crippen molar-refractivity contribution in [3.05, 3.63) is 68.8 Å². The van der Waals surface area contributed by atoms with E-state index in [1.807, 2.05) is 6.07 Å². The van der Waals surface area contributed by atoms with Gasteiger partial charge in [-0.05, 0) is 37.4 Å². The predicted molar refractivity (Wildman–Crippen MR) is 119 cm³/mol. The van der Waals surface area contributed by atoms with Crippen LogP contribution in [0, 0.1) is 6.92 Å². The number of benzene rings is 1. The van der Waals surface area contributed by atoms with E-state index in [-0.39, 0.29) is 17.5 Å². The Morgan fingerprint density at radius 1 is 1.23 bits per heavy atom. The molecule has 3 aromatic rings. The van der Waals surface area contributed by atoms with Gasteiger partial charge in [0.1, 0.15) is 0 Å². The molecule has 1 aromatic carbocycles. The summed E-state index contributed by atoms with van der Waals surface area (Å²) in [6, 6.07) is 10.8. The number of carbonyl (C=O) groups is 1. The third-order valence-electron chi connectivity index (χ3n) is 6.83. The highest BCUT2D eigenvalue weighted by molar-refractivity contribution is 5.73. The van der Waals surface area contributed by atoms with Gasteiger partial charge in [0, 0.05) is 32.5 Å². The summed E-state index contributed by atoms with van der Waals surface area (Å²) in [5.41, 5.74) is 5.75. The van der Waals surface area contributed by atoms with Gasteiger partial charge in [0.05, 0.1) is 29.5 Å². The molecule has 31 heavy (non-hydrogen) atoms. The maximum atomic E-state index is 13.2. The summed E-state index contributed by atoms with van der Waals surface area (Å²) in [6.07, 6.45) is 4.06. The number of rotatable bonds is 3. The van der Waals surface area contributed by atoms with Gasteiger partial charge >= 0.3 is 0 Å². The Kier molecular flexibility index (Phi) is 5.14. The summed E-state index contributed by atoms with van der Waals surface area (Å²) in [6.45, 7) is 6.62. The van der Waals surface area contributed by atoms with Gasteiger partial charge in [0.15, 0.2) is 5.65 Å². The average molecular weight is 420 g/mol. The molecule has 1 saturated heterocycles. The van der Waals surface area contributed by atoms with Gasteiger partial charge in [0.25, 0.3) is 5.56 Å². The molecule has 7 nitrogen and oxygen atoms in total. The number of hydrogen-bond acceptors (Lipinski definition) is 4. The van der Waals surface area contributed by atoms with Crippen molar-refractivity contribution in [2.45, 2.75) is 58.7 Å². The van der Waals surface area contributed by atoms with E-state index < -0.39 is 0 Å². The van der Waals surface area contributed by atoms with E-state index in [4.69, 9.17) is 4.98 Å². The molecular weight excluding hydrogens is 390 g/mol. The monoisotopic (exact) mass is 419 g/mol. The van der Waals surface area contributed by atoms with Crippen LogP contribution in [0.4, 0.5) is 0 Å². The molecule has 1 unspecified atom stereocenters. The number of carbonyl (C=O) groups excluding carboxylic acids is 1. The number of nitrogens with zero attached hydrogens (tertiary/aromatic N) is 4. The molecule has 1 fully saturated rings. The zero-order valence-electron chi connectivity index (χ0n) is 18.2. The molecule has 4 heterocycles. The summed E-state index contributed by atoms with van der Waals surface area (Å²) >= 11 is 0. The van der Waals surface area contributed by atoms with E-state index in [2.05, 4.69) is 41.2 Å². The molecule has 0 radical (unpaired) electrons. The number of piperidine rings is 1. The van der Waals surface area contributed by atoms with Gasteiger partial charge in [-0.25, -0.2) is 9.50 Å². The summed E-state index contributed by atoms with van der Waals surface area (Å²) in [7, 11) is 0. The van der Waals surface area contributed by atoms with Crippen LogP contribution in [0.1, 0.15) is 60.3 Å². The van der Waals surface area contributed by atoms with E-state index in [0.717, 1.165) is 30.9 Å². The van der Waals surface area contributed by atoms with E-state index >= 15 is 0 Å². The second-order valence-electron chi connectivity index (χ2n) is 8.85. The summed E-state index contributed by atoms with van der Waals surface area (Å²) in [5.74, 6) is -0.00336. The standard InChI is InChI=1S/C24H29N5O2/c1-16-7-3-4-8-18(16)14-28-11-6-5-9-22(28)21-13-23-25-20-10-12-27(17(2)30)15-19(20)24(31)29(23)26-21/h3-4,7-8,13,22,26H,5-6,9-12,14-15H2,1-2H3. The zero-order chi connectivity index (χ0) is 21.5. The number of amides is 1. The van der Waals surface area contributed by atoms with Crippen molar-refractivity contribution < 1.29 is 4.79 Å². The van der Waals surface area contributed by atoms with Crippen molar-refractivity contribution in [1.29, 1.82) is 0 Å². The SMILES string of the molecule is CC(=O)N1CCc2nc3cc(C4CCCCN4Cc4ccccc4C)[nH]n3c(=O)c2C1. The Balaban J connectivity index is 1.49. The van der Waals surface area contributed by atoms with Gasteiger partial charge in [-0.2, -0.15) is 0 Å². The van der Waals surface area contributed by atoms with Crippen LogP contribution in [0.3, 0.4) is 0 Å². The fourth-order valence-electron chi connectivity index (χ4n) is 4.98. The van der Waals surface area contributed by atoms with Gasteiger partial charge in [-0.3, -0.25) is 19.6 Å². The van der Waals surface area contributed by atoms with Crippen molar-refractivity contribution in [3.63, 3.8) is 0 Å². The van der Waals surface area contributed by atoms with Crippen molar-refractivity contribution in [2.75, 3.05) is 13.1 Å². The first kappa shape index (κ1) is 20.0. The Morgan fingerprint density at radius 2 is 2.06 bits per heavy atom. The van der Waals surface area contributed by atoms with Gasteiger partial charge in [0.2, 0.25) is 5.91 Å². The molecule has 0 spiro atoms. The fraction of sp³-hybridized carbons (Fsp3) is 0.458. The molecular formula is C24H29N5O2. The summed E-state index contributed by atoms with van der Waals surface area (Å²) < 4.78 is 1.57. The number of fused-ring (bicyclic) bond motifs is 2. The highest BCUT2D eigenvalue weighted by atomic mass is 16.2. The predicted octanol–water partition coefficient (Wildman–Crippen LogP) is 2.96. The lowest BCUT2D eigenvalue weighted by atomic mass is 9.98. The van der Waals surface area contributed by atoms with Gasteiger partial charge in [-0.15, -0.1) is 0 Å². The van der Waals surface area contributed by atoms with Crippen LogP contribution >= 0.6 is 0 Å². The van der Waals surface area contributed by atoms with Crippen LogP contribution in [0.5, 0.6) is 0 Å². The number of aromatic nitrogens is 3. The average Bonchev–Trinajstić information content (AvgIpc) is 3.20. The number of likely N-dealkylation sites (tertiary alicyclic amines) is 1. The van der Waals surface area contributed by atoms with Gasteiger partial charge in [-0.1, -0.05) is 30.7 Å². The summed E-state index contributed by atoms with van der Waals surface area (Å²) in [4.78, 5) is 34.0. The zero-order valence-corrected chi connectivity index (χ0v) is 18.2. The number of nitrogens with one attached hydrogen (secondary N) is 1. The molecule has 2 aliphatic rings. The summed E-state index contributed by atoms with van der Waals surface area (Å²) in [5, 5.41) is 3.35. The van der Waals surface area contributed by atoms with Crippen LogP contribution in [-0.4, -0.2) is 43.4 Å². The molecule has 2 aliphatic heterocycles. The number of hydrogen-bond donors (Lipinski definition) is 1. The molecule has 7 heteroatoms. The third-order valence-corrected chi connectivity index (χ3v) is 6.83. The van der Waals surface area contributed by atoms with Crippen LogP contribution in [0.15, 0.2) is 35.1 Å². The Morgan fingerprint density at radius 3 is 2.87 bits per heavy atom. The van der Waals surface area contributed by atoms with E-state index in [1.165, 1.54) is 24.0 Å². The molecule has 0 aliphatic carbocycles. The molecule has 0 saturated carbocycles. The number of aryl methyl sites for hydroxylation is 1. The maximum absolute atomic E-state index is 13.2. The first-order valence-electron chi connectivity index (χ1n) is 11.2. The highest BCUT2D eigenvalue weighted by Crippen LogP contribution is 2.32. The van der Waals surface area contributed by atoms with Crippen molar-refractivity contribution in [3.8, 4) is 0 Å². The first-order valence-corrected chi connectivity index (χ1v) is 11.2. The Labute approximate surface area is 181 Å². The van der Waals surface area contributed by atoms with Crippen molar-refractivity contribution in [2.24, 2.45) is 0 Å². The second kappa shape index (κ2) is 7.96. The van der Waals surface area contributed by atoms with Crippen LogP contribution in [0.2, 0.25) is 0 Å². The maximum Gasteiger partial charge on any atom is 0.277 e. The van der Waals surface area contributed by atoms with E-state index in [0.29, 0.717) is 30.7 Å². The molecule has 1 N–H and O–H groups in total. The lowest BCUT2D eigenvalue weighted by Gasteiger charge is -2.35. The normalized spacial score (nSPS) is 19.5. The second-order valence-corrected chi connectivity index (χ2v) is 8.85.